The summed E-state index contributed by atoms with van der Waals surface area (Å²) in [6.07, 6.45) is 3.14. The zero-order valence-corrected chi connectivity index (χ0v) is 14.5. The molecule has 2 amide bonds. The molecule has 3 rings (SSSR count). The first-order chi connectivity index (χ1) is 12.6. The van der Waals surface area contributed by atoms with E-state index in [-0.39, 0.29) is 11.8 Å². The van der Waals surface area contributed by atoms with E-state index < -0.39 is 0 Å². The number of nitrogens with zero attached hydrogens (tertiary/aromatic N) is 4. The molecule has 1 fully saturated rings. The van der Waals surface area contributed by atoms with Crippen LogP contribution in [0.1, 0.15) is 22.8 Å². The molecule has 1 aromatic carbocycles. The van der Waals surface area contributed by atoms with E-state index in [4.69, 9.17) is 0 Å². The SMILES string of the molecule is CC(=O)N1CCN(C(=O)c2cncc(Nc3ccccc3C#N)c2)CC1. The normalized spacial score (nSPS) is 13.8. The largest absolute Gasteiger partial charge is 0.353 e. The van der Waals surface area contributed by atoms with Crippen molar-refractivity contribution in [2.45, 2.75) is 6.92 Å². The fraction of sp³-hybridized carbons (Fsp3) is 0.263. The lowest BCUT2D eigenvalue weighted by Gasteiger charge is -2.34. The molecule has 0 unspecified atom stereocenters. The fourth-order valence-electron chi connectivity index (χ4n) is 2.88. The number of anilines is 2. The molecule has 1 aliphatic heterocycles. The second-order valence-corrected chi connectivity index (χ2v) is 6.04. The van der Waals surface area contributed by atoms with Crippen molar-refractivity contribution in [2.75, 3.05) is 31.5 Å². The first kappa shape index (κ1) is 17.4. The Morgan fingerprint density at radius 2 is 1.81 bits per heavy atom. The number of nitrogens with one attached hydrogen (secondary N) is 1. The average molecular weight is 349 g/mol. The fourth-order valence-corrected chi connectivity index (χ4v) is 2.88. The number of hydrogen-bond donors (Lipinski definition) is 1. The number of pyridine rings is 1. The van der Waals surface area contributed by atoms with Gasteiger partial charge in [0.2, 0.25) is 5.91 Å². The molecule has 0 atom stereocenters. The molecule has 1 aromatic heterocycles. The minimum atomic E-state index is -0.113. The summed E-state index contributed by atoms with van der Waals surface area (Å²) in [5.41, 5.74) is 2.29. The number of para-hydroxylation sites is 1. The molecule has 7 heteroatoms. The molecule has 2 aromatic rings. The second-order valence-electron chi connectivity index (χ2n) is 6.04. The van der Waals surface area contributed by atoms with Gasteiger partial charge < -0.3 is 15.1 Å². The van der Waals surface area contributed by atoms with E-state index in [1.54, 1.807) is 40.3 Å². The zero-order valence-electron chi connectivity index (χ0n) is 14.5. The van der Waals surface area contributed by atoms with Crippen molar-refractivity contribution in [2.24, 2.45) is 0 Å². The number of carbonyl (C=O) groups is 2. The maximum atomic E-state index is 12.7. The van der Waals surface area contributed by atoms with Crippen LogP contribution in [0, 0.1) is 11.3 Å². The molecular weight excluding hydrogens is 330 g/mol. The van der Waals surface area contributed by atoms with Gasteiger partial charge in [0.05, 0.1) is 28.7 Å². The maximum Gasteiger partial charge on any atom is 0.255 e. The Kier molecular flexibility index (Phi) is 5.13. The summed E-state index contributed by atoms with van der Waals surface area (Å²) < 4.78 is 0. The van der Waals surface area contributed by atoms with Gasteiger partial charge in [-0.05, 0) is 18.2 Å². The van der Waals surface area contributed by atoms with Gasteiger partial charge in [-0.1, -0.05) is 12.1 Å². The van der Waals surface area contributed by atoms with Crippen LogP contribution in [-0.4, -0.2) is 52.8 Å². The highest BCUT2D eigenvalue weighted by molar-refractivity contribution is 5.95. The predicted octanol–water partition coefficient (Wildman–Crippen LogP) is 2.00. The Hall–Kier alpha value is -3.40. The van der Waals surface area contributed by atoms with Gasteiger partial charge in [0.15, 0.2) is 0 Å². The molecule has 0 radical (unpaired) electrons. The van der Waals surface area contributed by atoms with Gasteiger partial charge in [-0.2, -0.15) is 5.26 Å². The van der Waals surface area contributed by atoms with Crippen LogP contribution in [0.25, 0.3) is 0 Å². The molecule has 1 saturated heterocycles. The molecule has 26 heavy (non-hydrogen) atoms. The van der Waals surface area contributed by atoms with Crippen LogP contribution in [0.5, 0.6) is 0 Å². The van der Waals surface area contributed by atoms with E-state index in [0.29, 0.717) is 48.7 Å². The number of benzene rings is 1. The summed E-state index contributed by atoms with van der Waals surface area (Å²) in [6.45, 7) is 3.64. The van der Waals surface area contributed by atoms with Crippen molar-refractivity contribution in [1.29, 1.82) is 5.26 Å². The number of rotatable bonds is 3. The van der Waals surface area contributed by atoms with Crippen LogP contribution in [0.4, 0.5) is 11.4 Å². The second kappa shape index (κ2) is 7.66. The Morgan fingerprint density at radius 3 is 2.50 bits per heavy atom. The lowest BCUT2D eigenvalue weighted by Crippen LogP contribution is -2.50. The molecule has 2 heterocycles. The molecule has 0 bridgehead atoms. The third-order valence-electron chi connectivity index (χ3n) is 4.32. The Bertz CT molecular complexity index is 866. The highest BCUT2D eigenvalue weighted by Gasteiger charge is 2.23. The minimum absolute atomic E-state index is 0.0288. The first-order valence-electron chi connectivity index (χ1n) is 8.34. The number of carbonyl (C=O) groups excluding carboxylic acids is 2. The molecule has 1 aliphatic rings. The van der Waals surface area contributed by atoms with Gasteiger partial charge in [-0.3, -0.25) is 14.6 Å². The van der Waals surface area contributed by atoms with Crippen molar-refractivity contribution in [3.05, 3.63) is 53.9 Å². The van der Waals surface area contributed by atoms with Crippen LogP contribution >= 0.6 is 0 Å². The lowest BCUT2D eigenvalue weighted by molar-refractivity contribution is -0.130. The Balaban J connectivity index is 1.72. The van der Waals surface area contributed by atoms with E-state index in [1.807, 2.05) is 6.07 Å². The van der Waals surface area contributed by atoms with E-state index in [1.165, 1.54) is 13.1 Å². The van der Waals surface area contributed by atoms with Gasteiger partial charge in [0, 0.05) is 39.3 Å². The van der Waals surface area contributed by atoms with Crippen LogP contribution in [0.2, 0.25) is 0 Å². The van der Waals surface area contributed by atoms with E-state index in [9.17, 15) is 14.9 Å². The van der Waals surface area contributed by atoms with Crippen molar-refractivity contribution in [3.8, 4) is 6.07 Å². The summed E-state index contributed by atoms with van der Waals surface area (Å²) in [7, 11) is 0. The van der Waals surface area contributed by atoms with Crippen LogP contribution in [0.15, 0.2) is 42.7 Å². The predicted molar refractivity (Wildman–Crippen MR) is 96.8 cm³/mol. The van der Waals surface area contributed by atoms with Crippen LogP contribution in [0.3, 0.4) is 0 Å². The average Bonchev–Trinajstić information content (AvgIpc) is 2.68. The summed E-state index contributed by atoms with van der Waals surface area (Å²) in [5.74, 6) is -0.0842. The summed E-state index contributed by atoms with van der Waals surface area (Å²) in [5, 5.41) is 12.3. The van der Waals surface area contributed by atoms with Crippen molar-refractivity contribution >= 4 is 23.2 Å². The molecule has 1 N–H and O–H groups in total. The standard InChI is InChI=1S/C19H19N5O2/c1-14(25)23-6-8-24(9-7-23)19(26)16-10-17(13-21-12-16)22-18-5-3-2-4-15(18)11-20/h2-5,10,12-13,22H,6-9H2,1H3. The van der Waals surface area contributed by atoms with Crippen LogP contribution < -0.4 is 5.32 Å². The molecule has 0 spiro atoms. The van der Waals surface area contributed by atoms with E-state index >= 15 is 0 Å². The van der Waals surface area contributed by atoms with Crippen molar-refractivity contribution < 1.29 is 9.59 Å². The number of amides is 2. The molecule has 7 nitrogen and oxygen atoms in total. The Labute approximate surface area is 151 Å². The smallest absolute Gasteiger partial charge is 0.255 e. The zero-order chi connectivity index (χ0) is 18.5. The highest BCUT2D eigenvalue weighted by Crippen LogP contribution is 2.21. The number of piperazine rings is 1. The first-order valence-corrected chi connectivity index (χ1v) is 8.34. The van der Waals surface area contributed by atoms with Gasteiger partial charge >= 0.3 is 0 Å². The lowest BCUT2D eigenvalue weighted by atomic mass is 10.1. The molecule has 132 valence electrons. The van der Waals surface area contributed by atoms with Gasteiger partial charge in [0.25, 0.3) is 5.91 Å². The molecule has 0 saturated carbocycles. The monoisotopic (exact) mass is 349 g/mol. The summed E-state index contributed by atoms with van der Waals surface area (Å²) in [6, 6.07) is 11.0. The van der Waals surface area contributed by atoms with Gasteiger partial charge in [0.1, 0.15) is 6.07 Å². The Morgan fingerprint density at radius 1 is 1.12 bits per heavy atom. The third-order valence-corrected chi connectivity index (χ3v) is 4.32. The van der Waals surface area contributed by atoms with E-state index in [2.05, 4.69) is 16.4 Å². The van der Waals surface area contributed by atoms with Gasteiger partial charge in [-0.15, -0.1) is 0 Å². The number of aromatic nitrogens is 1. The van der Waals surface area contributed by atoms with Gasteiger partial charge in [-0.25, -0.2) is 0 Å². The van der Waals surface area contributed by atoms with Crippen molar-refractivity contribution in [3.63, 3.8) is 0 Å². The summed E-state index contributed by atoms with van der Waals surface area (Å²) in [4.78, 5) is 31.7. The number of hydrogen-bond acceptors (Lipinski definition) is 5. The number of nitriles is 1. The van der Waals surface area contributed by atoms with E-state index in [0.717, 1.165) is 0 Å². The van der Waals surface area contributed by atoms with Crippen LogP contribution in [-0.2, 0) is 4.79 Å². The topological polar surface area (TPSA) is 89.3 Å². The minimum Gasteiger partial charge on any atom is -0.353 e. The third kappa shape index (κ3) is 3.81. The quantitative estimate of drug-likeness (QED) is 0.915. The molecule has 0 aliphatic carbocycles. The summed E-state index contributed by atoms with van der Waals surface area (Å²) >= 11 is 0. The van der Waals surface area contributed by atoms with Crippen molar-refractivity contribution in [1.82, 2.24) is 14.8 Å². The maximum absolute atomic E-state index is 12.7. The highest BCUT2D eigenvalue weighted by atomic mass is 16.2. The molecular formula is C19H19N5O2.